The number of carbonyl (C=O) groups is 2. The van der Waals surface area contributed by atoms with Gasteiger partial charge in [-0.2, -0.15) is 0 Å². The average molecular weight is 396 g/mol. The Balaban J connectivity index is 2.13. The van der Waals surface area contributed by atoms with Gasteiger partial charge >= 0.3 is 5.97 Å². The molecule has 2 rings (SSSR count). The monoisotopic (exact) mass is 395 g/mol. The van der Waals surface area contributed by atoms with Crippen LogP contribution >= 0.6 is 11.6 Å². The third-order valence-electron chi connectivity index (χ3n) is 3.55. The van der Waals surface area contributed by atoms with Gasteiger partial charge in [0.2, 0.25) is 0 Å². The van der Waals surface area contributed by atoms with E-state index in [1.54, 1.807) is 0 Å². The lowest BCUT2D eigenvalue weighted by Crippen LogP contribution is -2.30. The van der Waals surface area contributed by atoms with Crippen molar-refractivity contribution in [3.05, 3.63) is 62.9 Å². The highest BCUT2D eigenvalue weighted by molar-refractivity contribution is 6.33. The van der Waals surface area contributed by atoms with Gasteiger partial charge in [0.25, 0.3) is 11.6 Å². The number of benzene rings is 2. The zero-order valence-corrected chi connectivity index (χ0v) is 15.0. The van der Waals surface area contributed by atoms with Gasteiger partial charge in [0.05, 0.1) is 21.2 Å². The quantitative estimate of drug-likeness (QED) is 0.439. The SMILES string of the molecule is CNc1ccc([N+](=O)[O-])cc1C(=O)O[C@@H](C)C(=O)Nc1ccc(F)cc1Cl. The molecule has 0 aromatic heterocycles. The lowest BCUT2D eigenvalue weighted by Gasteiger charge is -2.15. The maximum Gasteiger partial charge on any atom is 0.341 e. The lowest BCUT2D eigenvalue weighted by molar-refractivity contribution is -0.384. The lowest BCUT2D eigenvalue weighted by atomic mass is 10.1. The van der Waals surface area contributed by atoms with Gasteiger partial charge in [0.15, 0.2) is 6.10 Å². The fraction of sp³-hybridized carbons (Fsp3) is 0.176. The predicted molar refractivity (Wildman–Crippen MR) is 97.6 cm³/mol. The van der Waals surface area contributed by atoms with E-state index in [0.29, 0.717) is 5.69 Å². The number of non-ortho nitro benzene ring substituents is 1. The van der Waals surface area contributed by atoms with Gasteiger partial charge in [-0.15, -0.1) is 0 Å². The standard InChI is InChI=1S/C17H15ClFN3O5/c1-9(16(23)21-15-5-3-10(19)7-13(15)18)27-17(24)12-8-11(22(25)26)4-6-14(12)20-2/h3-9,20H,1-2H3,(H,21,23)/t9-/m0/s1. The minimum Gasteiger partial charge on any atom is -0.449 e. The fourth-order valence-electron chi connectivity index (χ4n) is 2.14. The molecule has 27 heavy (non-hydrogen) atoms. The third kappa shape index (κ3) is 4.91. The summed E-state index contributed by atoms with van der Waals surface area (Å²) >= 11 is 5.83. The number of halogens is 2. The number of hydrogen-bond acceptors (Lipinski definition) is 6. The molecule has 2 N–H and O–H groups in total. The number of nitro groups is 1. The van der Waals surface area contributed by atoms with Crippen LogP contribution in [0.1, 0.15) is 17.3 Å². The molecule has 0 bridgehead atoms. The van der Waals surface area contributed by atoms with Crippen LogP contribution in [0.3, 0.4) is 0 Å². The fourth-order valence-corrected chi connectivity index (χ4v) is 2.35. The van der Waals surface area contributed by atoms with Gasteiger partial charge in [0.1, 0.15) is 5.82 Å². The molecular weight excluding hydrogens is 381 g/mol. The first kappa shape index (κ1) is 20.1. The number of nitro benzene ring substituents is 1. The summed E-state index contributed by atoms with van der Waals surface area (Å²) < 4.78 is 18.1. The van der Waals surface area contributed by atoms with E-state index in [0.717, 1.165) is 18.2 Å². The summed E-state index contributed by atoms with van der Waals surface area (Å²) in [6.07, 6.45) is -1.23. The van der Waals surface area contributed by atoms with Crippen LogP contribution < -0.4 is 10.6 Å². The Labute approximate surface area is 158 Å². The van der Waals surface area contributed by atoms with E-state index in [9.17, 15) is 24.1 Å². The minimum atomic E-state index is -1.23. The van der Waals surface area contributed by atoms with Crippen LogP contribution in [0, 0.1) is 15.9 Å². The largest absolute Gasteiger partial charge is 0.449 e. The number of ether oxygens (including phenoxy) is 1. The molecule has 8 nitrogen and oxygen atoms in total. The van der Waals surface area contributed by atoms with Crippen molar-refractivity contribution in [1.29, 1.82) is 0 Å². The van der Waals surface area contributed by atoms with Crippen molar-refractivity contribution in [2.75, 3.05) is 17.7 Å². The number of rotatable bonds is 6. The molecule has 2 aromatic carbocycles. The Morgan fingerprint density at radius 3 is 2.48 bits per heavy atom. The molecule has 0 saturated heterocycles. The van der Waals surface area contributed by atoms with Gasteiger partial charge in [-0.3, -0.25) is 14.9 Å². The first-order valence-corrected chi connectivity index (χ1v) is 8.03. The van der Waals surface area contributed by atoms with E-state index in [2.05, 4.69) is 10.6 Å². The van der Waals surface area contributed by atoms with Crippen molar-refractivity contribution < 1.29 is 23.6 Å². The Morgan fingerprint density at radius 1 is 1.22 bits per heavy atom. The Hall–Kier alpha value is -3.20. The van der Waals surface area contributed by atoms with Crippen molar-refractivity contribution in [3.8, 4) is 0 Å². The minimum absolute atomic E-state index is 0.0157. The van der Waals surface area contributed by atoms with E-state index in [-0.39, 0.29) is 22.0 Å². The predicted octanol–water partition coefficient (Wildman–Crippen LogP) is 3.61. The van der Waals surface area contributed by atoms with Crippen molar-refractivity contribution in [2.45, 2.75) is 13.0 Å². The second-order valence-electron chi connectivity index (χ2n) is 5.40. The summed E-state index contributed by atoms with van der Waals surface area (Å²) in [5.74, 6) is -2.19. The summed E-state index contributed by atoms with van der Waals surface area (Å²) in [6, 6.07) is 7.04. The smallest absolute Gasteiger partial charge is 0.341 e. The van der Waals surface area contributed by atoms with E-state index in [1.807, 2.05) is 0 Å². The van der Waals surface area contributed by atoms with Crippen LogP contribution in [0.2, 0.25) is 5.02 Å². The van der Waals surface area contributed by atoms with Gasteiger partial charge < -0.3 is 15.4 Å². The van der Waals surface area contributed by atoms with Crippen molar-refractivity contribution >= 4 is 40.5 Å². The van der Waals surface area contributed by atoms with Gasteiger partial charge in [0, 0.05) is 24.9 Å². The molecule has 1 amide bonds. The average Bonchev–Trinajstić information content (AvgIpc) is 2.63. The van der Waals surface area contributed by atoms with Crippen LogP contribution in [0.4, 0.5) is 21.5 Å². The van der Waals surface area contributed by atoms with Crippen LogP contribution in [0.25, 0.3) is 0 Å². The second kappa shape index (κ2) is 8.45. The zero-order chi connectivity index (χ0) is 20.1. The number of carbonyl (C=O) groups excluding carboxylic acids is 2. The van der Waals surface area contributed by atoms with E-state index >= 15 is 0 Å². The number of esters is 1. The second-order valence-corrected chi connectivity index (χ2v) is 5.81. The Bertz CT molecular complexity index is 906. The van der Waals surface area contributed by atoms with Crippen LogP contribution in [-0.4, -0.2) is 30.0 Å². The molecule has 2 aromatic rings. The normalized spacial score (nSPS) is 11.4. The molecule has 0 heterocycles. The van der Waals surface area contributed by atoms with Crippen molar-refractivity contribution in [1.82, 2.24) is 0 Å². The van der Waals surface area contributed by atoms with E-state index in [4.69, 9.17) is 16.3 Å². The van der Waals surface area contributed by atoms with Crippen molar-refractivity contribution in [2.24, 2.45) is 0 Å². The highest BCUT2D eigenvalue weighted by Gasteiger charge is 2.23. The number of hydrogen-bond donors (Lipinski definition) is 2. The molecule has 0 fully saturated rings. The van der Waals surface area contributed by atoms with E-state index < -0.39 is 28.7 Å². The third-order valence-corrected chi connectivity index (χ3v) is 3.86. The summed E-state index contributed by atoms with van der Waals surface area (Å²) in [7, 11) is 1.53. The maximum atomic E-state index is 13.0. The molecule has 0 unspecified atom stereocenters. The molecule has 0 spiro atoms. The first-order chi connectivity index (χ1) is 12.7. The molecular formula is C17H15ClFN3O5. The number of nitrogens with zero attached hydrogens (tertiary/aromatic N) is 1. The highest BCUT2D eigenvalue weighted by atomic mass is 35.5. The van der Waals surface area contributed by atoms with Crippen LogP contribution in [0.5, 0.6) is 0 Å². The summed E-state index contributed by atoms with van der Waals surface area (Å²) in [5, 5.41) is 16.0. The molecule has 0 saturated carbocycles. The number of nitrogens with one attached hydrogen (secondary N) is 2. The number of amides is 1. The molecule has 142 valence electrons. The first-order valence-electron chi connectivity index (χ1n) is 7.66. The molecule has 1 atom stereocenters. The van der Waals surface area contributed by atoms with Gasteiger partial charge in [-0.1, -0.05) is 11.6 Å². The van der Waals surface area contributed by atoms with Crippen LogP contribution in [-0.2, 0) is 9.53 Å². The van der Waals surface area contributed by atoms with Crippen molar-refractivity contribution in [3.63, 3.8) is 0 Å². The summed E-state index contributed by atoms with van der Waals surface area (Å²) in [5.41, 5.74) is 0.0688. The molecule has 10 heteroatoms. The number of anilines is 2. The molecule has 0 radical (unpaired) electrons. The Kier molecular flexibility index (Phi) is 6.30. The highest BCUT2D eigenvalue weighted by Crippen LogP contribution is 2.24. The van der Waals surface area contributed by atoms with E-state index in [1.165, 1.54) is 32.2 Å². The zero-order valence-electron chi connectivity index (χ0n) is 14.3. The Morgan fingerprint density at radius 2 is 1.89 bits per heavy atom. The maximum absolute atomic E-state index is 13.0. The molecule has 0 aliphatic carbocycles. The van der Waals surface area contributed by atoms with Crippen LogP contribution in [0.15, 0.2) is 36.4 Å². The summed E-state index contributed by atoms with van der Waals surface area (Å²) in [6.45, 7) is 1.32. The van der Waals surface area contributed by atoms with Gasteiger partial charge in [-0.05, 0) is 31.2 Å². The summed E-state index contributed by atoms with van der Waals surface area (Å²) in [4.78, 5) is 34.8. The molecule has 0 aliphatic heterocycles. The van der Waals surface area contributed by atoms with Gasteiger partial charge in [-0.25, -0.2) is 9.18 Å². The molecule has 0 aliphatic rings. The topological polar surface area (TPSA) is 111 Å².